The van der Waals surface area contributed by atoms with Gasteiger partial charge in [0.05, 0.1) is 11.5 Å². The minimum absolute atomic E-state index is 0.322. The summed E-state index contributed by atoms with van der Waals surface area (Å²) in [5, 5.41) is 29.1. The van der Waals surface area contributed by atoms with Gasteiger partial charge in [-0.1, -0.05) is 54.2 Å². The molecule has 1 saturated heterocycles. The van der Waals surface area contributed by atoms with Crippen molar-refractivity contribution in [2.75, 3.05) is 0 Å². The van der Waals surface area contributed by atoms with Gasteiger partial charge < -0.3 is 10.4 Å². The monoisotopic (exact) mass is 476 g/mol. The lowest BCUT2D eigenvalue weighted by Gasteiger charge is -2.43. The molecular formula is C25H19ClN3OS2+. The highest BCUT2D eigenvalue weighted by molar-refractivity contribution is 7.80. The number of pyridine rings is 1. The Morgan fingerprint density at radius 1 is 1.12 bits per heavy atom. The van der Waals surface area contributed by atoms with Crippen molar-refractivity contribution in [2.24, 2.45) is 0 Å². The normalized spacial score (nSPS) is 23.1. The third-order valence-electron chi connectivity index (χ3n) is 5.94. The van der Waals surface area contributed by atoms with Crippen LogP contribution in [0.4, 0.5) is 0 Å². The van der Waals surface area contributed by atoms with Crippen molar-refractivity contribution in [3.8, 4) is 0 Å². The average Bonchev–Trinajstić information content (AvgIpc) is 3.33. The van der Waals surface area contributed by atoms with E-state index in [2.05, 4.69) is 11.2 Å². The van der Waals surface area contributed by atoms with E-state index in [4.69, 9.17) is 29.2 Å². The molecule has 3 N–H and O–H groups in total. The molecule has 1 fully saturated rings. The number of fused-ring (bicyclic) bond motifs is 1. The van der Waals surface area contributed by atoms with E-state index in [0.29, 0.717) is 21.1 Å². The molecule has 0 spiro atoms. The van der Waals surface area contributed by atoms with Crippen molar-refractivity contribution in [1.82, 2.24) is 5.32 Å². The summed E-state index contributed by atoms with van der Waals surface area (Å²) in [5.74, 6) is 2.18. The van der Waals surface area contributed by atoms with Crippen LogP contribution in [0.2, 0.25) is 5.02 Å². The number of aromatic nitrogens is 1. The highest BCUT2D eigenvalue weighted by Crippen LogP contribution is 2.46. The fourth-order valence-electron chi connectivity index (χ4n) is 4.54. The third-order valence-corrected chi connectivity index (χ3v) is 7.20. The second kappa shape index (κ2) is 8.24. The average molecular weight is 477 g/mol. The molecule has 0 unspecified atom stereocenters. The molecule has 3 heterocycles. The Morgan fingerprint density at radius 2 is 1.94 bits per heavy atom. The van der Waals surface area contributed by atoms with Crippen LogP contribution in [-0.2, 0) is 5.72 Å². The number of rotatable bonds is 3. The number of nitrogens with one attached hydrogen (secondary N) is 2. The zero-order chi connectivity index (χ0) is 22.3. The van der Waals surface area contributed by atoms with Crippen LogP contribution in [0.1, 0.15) is 23.1 Å². The summed E-state index contributed by atoms with van der Waals surface area (Å²) in [6, 6.07) is 20.6. The van der Waals surface area contributed by atoms with Crippen LogP contribution in [-0.4, -0.2) is 16.0 Å². The van der Waals surface area contributed by atoms with E-state index in [9.17, 15) is 5.11 Å². The Hall–Kier alpha value is -2.86. The van der Waals surface area contributed by atoms with Gasteiger partial charge >= 0.3 is 0 Å². The topological polar surface area (TPSA) is 60.0 Å². The first-order chi connectivity index (χ1) is 15.5. The molecule has 0 amide bonds. The number of hydrogen-bond acceptors (Lipinski definition) is 4. The van der Waals surface area contributed by atoms with Gasteiger partial charge in [0.15, 0.2) is 6.20 Å². The molecule has 5 rings (SSSR count). The highest BCUT2D eigenvalue weighted by Gasteiger charge is 2.57. The predicted molar refractivity (Wildman–Crippen MR) is 133 cm³/mol. The Kier molecular flexibility index (Phi) is 5.41. The molecule has 7 heteroatoms. The van der Waals surface area contributed by atoms with Crippen LogP contribution in [0.15, 0.2) is 89.3 Å². The summed E-state index contributed by atoms with van der Waals surface area (Å²) >= 11 is 13.5. The molecule has 4 nitrogen and oxygen atoms in total. The smallest absolute Gasteiger partial charge is 0.227 e. The Morgan fingerprint density at radius 3 is 2.66 bits per heavy atom. The highest BCUT2D eigenvalue weighted by atomic mass is 35.5. The first-order valence-electron chi connectivity index (χ1n) is 10.0. The lowest BCUT2D eigenvalue weighted by atomic mass is 9.75. The molecule has 2 aromatic heterocycles. The van der Waals surface area contributed by atoms with E-state index in [1.54, 1.807) is 11.3 Å². The van der Waals surface area contributed by atoms with E-state index in [-0.39, 0.29) is 5.92 Å². The minimum atomic E-state index is -1.52. The van der Waals surface area contributed by atoms with Crippen molar-refractivity contribution in [3.63, 3.8) is 0 Å². The number of hydrogen-bond donors (Lipinski definition) is 3. The Balaban J connectivity index is 1.85. The maximum Gasteiger partial charge on any atom is 0.227 e. The second-order valence-electron chi connectivity index (χ2n) is 7.72. The fourth-order valence-corrected chi connectivity index (χ4v) is 5.75. The summed E-state index contributed by atoms with van der Waals surface area (Å²) in [6.45, 7) is 0. The van der Waals surface area contributed by atoms with Crippen LogP contribution >= 0.6 is 35.2 Å². The molecule has 1 aliphatic heterocycles. The van der Waals surface area contributed by atoms with E-state index in [0.717, 1.165) is 16.5 Å². The van der Waals surface area contributed by atoms with Crippen molar-refractivity contribution < 1.29 is 9.67 Å². The molecular weight excluding hydrogens is 458 g/mol. The van der Waals surface area contributed by atoms with E-state index >= 15 is 0 Å². The number of halogens is 1. The number of aliphatic hydroxyl groups is 1. The number of thiophene rings is 1. The number of piperidine rings is 1. The number of thiocarbonyl (C=S) groups is 1. The predicted octanol–water partition coefficient (Wildman–Crippen LogP) is 5.12. The molecule has 0 aliphatic carbocycles. The summed E-state index contributed by atoms with van der Waals surface area (Å²) in [6.07, 6.45) is 1.95. The summed E-state index contributed by atoms with van der Waals surface area (Å²) < 4.78 is 2.05. The first kappa shape index (κ1) is 21.0. The van der Waals surface area contributed by atoms with Gasteiger partial charge in [-0.3, -0.25) is 5.41 Å². The largest absolute Gasteiger partial charge is 0.362 e. The van der Waals surface area contributed by atoms with Crippen molar-refractivity contribution in [1.29, 1.82) is 5.41 Å². The first-order valence-corrected chi connectivity index (χ1v) is 11.8. The summed E-state index contributed by atoms with van der Waals surface area (Å²) in [4.78, 5) is 0.322. The molecule has 0 saturated carbocycles. The van der Waals surface area contributed by atoms with E-state index in [1.165, 1.54) is 0 Å². The summed E-state index contributed by atoms with van der Waals surface area (Å²) in [5.41, 5.74) is 1.60. The molecule has 0 radical (unpaired) electrons. The zero-order valence-corrected chi connectivity index (χ0v) is 19.2. The molecule has 4 aromatic rings. The van der Waals surface area contributed by atoms with Gasteiger partial charge in [0, 0.05) is 28.1 Å². The van der Waals surface area contributed by atoms with Crippen LogP contribution in [0.25, 0.3) is 10.9 Å². The summed E-state index contributed by atoms with van der Waals surface area (Å²) in [7, 11) is 0. The number of nitrogens with zero attached hydrogens (tertiary/aromatic N) is 1. The molecule has 32 heavy (non-hydrogen) atoms. The quantitative estimate of drug-likeness (QED) is 0.166. The Bertz CT molecular complexity index is 1370. The molecule has 1 aliphatic rings. The molecule has 158 valence electrons. The van der Waals surface area contributed by atoms with Gasteiger partial charge in [0.2, 0.25) is 17.3 Å². The maximum atomic E-state index is 12.3. The van der Waals surface area contributed by atoms with Crippen LogP contribution < -0.4 is 9.88 Å². The van der Waals surface area contributed by atoms with Crippen LogP contribution in [0.3, 0.4) is 0 Å². The molecule has 3 atom stereocenters. The van der Waals surface area contributed by atoms with E-state index < -0.39 is 11.8 Å². The van der Waals surface area contributed by atoms with Gasteiger partial charge in [-0.25, -0.2) is 0 Å². The SMILES string of the molecule is N=C=C1C(=S)N[C@@](O)(c2ccccc2)[C@H]([n+]2cccc3cc(Cl)ccc32)[C@H]1c1ccsc1. The second-order valence-corrected chi connectivity index (χ2v) is 9.35. The lowest BCUT2D eigenvalue weighted by molar-refractivity contribution is -0.720. The molecule has 0 bridgehead atoms. The van der Waals surface area contributed by atoms with Crippen LogP contribution in [0, 0.1) is 5.41 Å². The van der Waals surface area contributed by atoms with Gasteiger partial charge in [-0.2, -0.15) is 15.9 Å². The number of benzene rings is 2. The van der Waals surface area contributed by atoms with Gasteiger partial charge in [0.25, 0.3) is 0 Å². The van der Waals surface area contributed by atoms with Crippen LogP contribution in [0.5, 0.6) is 0 Å². The van der Waals surface area contributed by atoms with Gasteiger partial charge in [-0.05, 0) is 46.5 Å². The van der Waals surface area contributed by atoms with Crippen molar-refractivity contribution in [2.45, 2.75) is 17.7 Å². The maximum absolute atomic E-state index is 12.3. The van der Waals surface area contributed by atoms with Crippen molar-refractivity contribution >= 4 is 56.9 Å². The lowest BCUT2D eigenvalue weighted by Crippen LogP contribution is -2.65. The van der Waals surface area contributed by atoms with Crippen molar-refractivity contribution in [3.05, 3.63) is 105 Å². The standard InChI is InChI=1S/C25H18ClN3OS2/c26-19-8-9-21-16(13-19)5-4-11-29(21)23-22(17-10-12-32-15-17)20(14-27)24(31)28-25(23,30)18-6-2-1-3-7-18/h1-13,15,22-23,27,30H/p+1/t22-,23+,25+/m0/s1. The minimum Gasteiger partial charge on any atom is -0.362 e. The third kappa shape index (κ3) is 3.37. The van der Waals surface area contributed by atoms with E-state index in [1.807, 2.05) is 88.3 Å². The van der Waals surface area contributed by atoms with Gasteiger partial charge in [-0.15, -0.1) is 0 Å². The fraction of sp³-hybridized carbons (Fsp3) is 0.120. The molecule has 2 aromatic carbocycles. The zero-order valence-electron chi connectivity index (χ0n) is 16.8. The van der Waals surface area contributed by atoms with Gasteiger partial charge in [0.1, 0.15) is 4.99 Å². The Labute approximate surface area is 199 Å².